The summed E-state index contributed by atoms with van der Waals surface area (Å²) in [5.41, 5.74) is -1.64. The lowest BCUT2D eigenvalue weighted by atomic mass is 10.2. The number of hydrogen-bond acceptors (Lipinski definition) is 4. The van der Waals surface area contributed by atoms with Crippen molar-refractivity contribution < 1.29 is 32.2 Å². The molecular formula is C8H7F3O4. The van der Waals surface area contributed by atoms with E-state index in [1.54, 1.807) is 0 Å². The summed E-state index contributed by atoms with van der Waals surface area (Å²) in [6.45, 7) is 2.08. The zero-order chi connectivity index (χ0) is 11.6. The fraction of sp³-hybridized carbons (Fsp3) is 0.500. The number of Topliss-reactive ketones (excluding diaryl/α,β-unsaturated/α-hetero) is 1. The second-order valence-electron chi connectivity index (χ2n) is 2.85. The number of rotatable bonds is 2. The topological polar surface area (TPSA) is 52.6 Å². The second kappa shape index (κ2) is 4.01. The van der Waals surface area contributed by atoms with Crippen molar-refractivity contribution in [1.82, 2.24) is 0 Å². The molecule has 1 rings (SSSR count). The lowest BCUT2D eigenvalue weighted by Gasteiger charge is -2.12. The van der Waals surface area contributed by atoms with Gasteiger partial charge in [0, 0.05) is 0 Å². The van der Waals surface area contributed by atoms with Gasteiger partial charge in [-0.2, -0.15) is 13.2 Å². The van der Waals surface area contributed by atoms with Gasteiger partial charge >= 0.3 is 12.1 Å². The number of ether oxygens (including phenoxy) is 2. The molecular weight excluding hydrogens is 217 g/mol. The van der Waals surface area contributed by atoms with E-state index in [0.717, 1.165) is 0 Å². The van der Waals surface area contributed by atoms with E-state index in [9.17, 15) is 22.8 Å². The molecule has 15 heavy (non-hydrogen) atoms. The van der Waals surface area contributed by atoms with Crippen LogP contribution in [-0.2, 0) is 19.1 Å². The van der Waals surface area contributed by atoms with E-state index in [4.69, 9.17) is 0 Å². The summed E-state index contributed by atoms with van der Waals surface area (Å²) in [5, 5.41) is 0. The van der Waals surface area contributed by atoms with Crippen molar-refractivity contribution in [2.24, 2.45) is 0 Å². The second-order valence-corrected chi connectivity index (χ2v) is 2.85. The molecule has 0 bridgehead atoms. The number of carbonyl (C=O) groups is 2. The van der Waals surface area contributed by atoms with E-state index in [1.807, 2.05) is 0 Å². The molecule has 0 saturated carbocycles. The van der Waals surface area contributed by atoms with Gasteiger partial charge in [0.05, 0.1) is 6.61 Å². The highest BCUT2D eigenvalue weighted by Crippen LogP contribution is 2.25. The number of ketones is 1. The number of halogens is 3. The molecule has 0 aromatic heterocycles. The summed E-state index contributed by atoms with van der Waals surface area (Å²) in [7, 11) is 0. The van der Waals surface area contributed by atoms with Gasteiger partial charge in [-0.25, -0.2) is 4.79 Å². The van der Waals surface area contributed by atoms with Crippen LogP contribution in [0.15, 0.2) is 12.2 Å². The molecule has 0 aliphatic carbocycles. The van der Waals surface area contributed by atoms with Crippen molar-refractivity contribution in [2.45, 2.75) is 12.3 Å². The van der Waals surface area contributed by atoms with Gasteiger partial charge in [-0.05, 0) is 0 Å². The van der Waals surface area contributed by atoms with Crippen LogP contribution in [0, 0.1) is 0 Å². The van der Waals surface area contributed by atoms with Crippen LogP contribution in [0.1, 0.15) is 0 Å². The first-order chi connectivity index (χ1) is 6.82. The van der Waals surface area contributed by atoms with E-state index >= 15 is 0 Å². The van der Waals surface area contributed by atoms with Crippen LogP contribution in [0.3, 0.4) is 0 Å². The van der Waals surface area contributed by atoms with E-state index in [1.165, 1.54) is 0 Å². The van der Waals surface area contributed by atoms with Gasteiger partial charge in [0.1, 0.15) is 12.2 Å². The van der Waals surface area contributed by atoms with Crippen molar-refractivity contribution >= 4 is 11.8 Å². The van der Waals surface area contributed by atoms with Gasteiger partial charge < -0.3 is 9.47 Å². The molecule has 1 unspecified atom stereocenters. The summed E-state index contributed by atoms with van der Waals surface area (Å²) < 4.78 is 44.7. The molecule has 0 N–H and O–H groups in total. The van der Waals surface area contributed by atoms with Crippen molar-refractivity contribution in [3.8, 4) is 0 Å². The molecule has 0 radical (unpaired) electrons. The largest absolute Gasteiger partial charge is 0.448 e. The fourth-order valence-electron chi connectivity index (χ4n) is 0.868. The third kappa shape index (κ3) is 2.79. The minimum Gasteiger partial charge on any atom is -0.448 e. The average molecular weight is 224 g/mol. The van der Waals surface area contributed by atoms with Crippen molar-refractivity contribution in [1.29, 1.82) is 0 Å². The Morgan fingerprint density at radius 1 is 1.53 bits per heavy atom. The molecule has 0 amide bonds. The van der Waals surface area contributed by atoms with E-state index < -0.39 is 29.6 Å². The van der Waals surface area contributed by atoms with Crippen LogP contribution in [0.4, 0.5) is 13.2 Å². The van der Waals surface area contributed by atoms with Gasteiger partial charge in [-0.1, -0.05) is 6.58 Å². The Morgan fingerprint density at radius 2 is 2.13 bits per heavy atom. The standard InChI is InChI=1S/C8H7F3O4/c1-4(8(9,10)11)7(13)15-6-3-14-2-5(6)12/h6H,1-3H2. The van der Waals surface area contributed by atoms with Crippen LogP contribution in [-0.4, -0.2) is 37.2 Å². The quantitative estimate of drug-likeness (QED) is 0.509. The number of esters is 1. The third-order valence-electron chi connectivity index (χ3n) is 1.71. The Kier molecular flexibility index (Phi) is 3.13. The summed E-state index contributed by atoms with van der Waals surface area (Å²) in [5.74, 6) is -2.20. The van der Waals surface area contributed by atoms with Crippen LogP contribution in [0.2, 0.25) is 0 Å². The lowest BCUT2D eigenvalue weighted by molar-refractivity contribution is -0.158. The summed E-state index contributed by atoms with van der Waals surface area (Å²) in [6, 6.07) is 0. The highest BCUT2D eigenvalue weighted by molar-refractivity contribution is 5.93. The summed E-state index contributed by atoms with van der Waals surface area (Å²) in [6.07, 6.45) is -6.10. The van der Waals surface area contributed by atoms with Crippen LogP contribution in [0.5, 0.6) is 0 Å². The Balaban J connectivity index is 2.56. The smallest absolute Gasteiger partial charge is 0.422 e. The van der Waals surface area contributed by atoms with E-state index in [2.05, 4.69) is 16.1 Å². The third-order valence-corrected chi connectivity index (χ3v) is 1.71. The predicted octanol–water partition coefficient (Wildman–Crippen LogP) is 0.616. The molecule has 1 fully saturated rings. The maximum atomic E-state index is 12.0. The first-order valence-electron chi connectivity index (χ1n) is 3.90. The molecule has 7 heteroatoms. The molecule has 1 heterocycles. The molecule has 4 nitrogen and oxygen atoms in total. The van der Waals surface area contributed by atoms with Gasteiger partial charge in [-0.15, -0.1) is 0 Å². The zero-order valence-corrected chi connectivity index (χ0v) is 7.47. The molecule has 1 saturated heterocycles. The number of alkyl halides is 3. The molecule has 84 valence electrons. The maximum absolute atomic E-state index is 12.0. The van der Waals surface area contributed by atoms with Gasteiger partial charge in [0.2, 0.25) is 5.78 Å². The first-order valence-corrected chi connectivity index (χ1v) is 3.90. The van der Waals surface area contributed by atoms with Crippen LogP contribution >= 0.6 is 0 Å². The Bertz CT molecular complexity index is 307. The minimum atomic E-state index is -4.85. The van der Waals surface area contributed by atoms with E-state index in [-0.39, 0.29) is 13.2 Å². The molecule has 0 aromatic rings. The Morgan fingerprint density at radius 3 is 2.53 bits per heavy atom. The normalized spacial score (nSPS) is 21.5. The Hall–Kier alpha value is -1.37. The first kappa shape index (κ1) is 11.7. The molecule has 1 aliphatic heterocycles. The SMILES string of the molecule is C=C(C(=O)OC1COCC1=O)C(F)(F)F. The maximum Gasteiger partial charge on any atom is 0.422 e. The number of hydrogen-bond donors (Lipinski definition) is 0. The van der Waals surface area contributed by atoms with Crippen LogP contribution < -0.4 is 0 Å². The van der Waals surface area contributed by atoms with Crippen molar-refractivity contribution in [3.63, 3.8) is 0 Å². The fourth-order valence-corrected chi connectivity index (χ4v) is 0.868. The molecule has 1 atom stereocenters. The summed E-state index contributed by atoms with van der Waals surface area (Å²) >= 11 is 0. The predicted molar refractivity (Wildman–Crippen MR) is 40.9 cm³/mol. The molecule has 0 aromatic carbocycles. The van der Waals surface area contributed by atoms with Crippen molar-refractivity contribution in [3.05, 3.63) is 12.2 Å². The van der Waals surface area contributed by atoms with Crippen LogP contribution in [0.25, 0.3) is 0 Å². The van der Waals surface area contributed by atoms with Gasteiger partial charge in [0.15, 0.2) is 6.10 Å². The Labute approximate surface area is 82.6 Å². The van der Waals surface area contributed by atoms with E-state index in [0.29, 0.717) is 0 Å². The minimum absolute atomic E-state index is 0.213. The van der Waals surface area contributed by atoms with Gasteiger partial charge in [-0.3, -0.25) is 4.79 Å². The molecule has 0 spiro atoms. The average Bonchev–Trinajstić information content (AvgIpc) is 2.49. The highest BCUT2D eigenvalue weighted by Gasteiger charge is 2.40. The monoisotopic (exact) mass is 224 g/mol. The number of carbonyl (C=O) groups excluding carboxylic acids is 2. The van der Waals surface area contributed by atoms with Gasteiger partial charge in [0.25, 0.3) is 0 Å². The van der Waals surface area contributed by atoms with Crippen molar-refractivity contribution in [2.75, 3.05) is 13.2 Å². The zero-order valence-electron chi connectivity index (χ0n) is 7.47. The highest BCUT2D eigenvalue weighted by atomic mass is 19.4. The lowest BCUT2D eigenvalue weighted by Crippen LogP contribution is -2.29. The summed E-state index contributed by atoms with van der Waals surface area (Å²) in [4.78, 5) is 21.7. The molecule has 1 aliphatic rings.